The molecule has 0 radical (unpaired) electrons. The predicted molar refractivity (Wildman–Crippen MR) is 68.7 cm³/mol. The fourth-order valence-electron chi connectivity index (χ4n) is 1.70. The smallest absolute Gasteiger partial charge is 0.345 e. The molecule has 0 aromatic carbocycles. The number of nitrogens with zero attached hydrogens (tertiary/aromatic N) is 4. The minimum atomic E-state index is -4.48. The topological polar surface area (TPSA) is 72.7 Å². The van der Waals surface area contributed by atoms with Crippen molar-refractivity contribution in [3.63, 3.8) is 0 Å². The Bertz CT molecular complexity index is 682. The van der Waals surface area contributed by atoms with E-state index < -0.39 is 24.2 Å². The molecule has 0 aliphatic rings. The number of alkyl halides is 3. The van der Waals surface area contributed by atoms with E-state index in [0.717, 1.165) is 0 Å². The van der Waals surface area contributed by atoms with Crippen LogP contribution in [0.25, 0.3) is 11.2 Å². The van der Waals surface area contributed by atoms with Gasteiger partial charge in [-0.25, -0.2) is 9.97 Å². The minimum absolute atomic E-state index is 0.0456. The van der Waals surface area contributed by atoms with Crippen LogP contribution in [0.4, 0.5) is 13.2 Å². The second-order valence-electron chi connectivity index (χ2n) is 4.82. The number of carbonyl (C=O) groups is 1. The van der Waals surface area contributed by atoms with Crippen LogP contribution in [0.1, 0.15) is 13.8 Å². The van der Waals surface area contributed by atoms with Crippen LogP contribution in [0.15, 0.2) is 12.5 Å². The average Bonchev–Trinajstić information content (AvgIpc) is 2.78. The molecule has 2 aromatic rings. The van der Waals surface area contributed by atoms with Gasteiger partial charge in [0.2, 0.25) is 11.2 Å². The van der Waals surface area contributed by atoms with Crippen LogP contribution >= 0.6 is 11.6 Å². The lowest BCUT2D eigenvalue weighted by atomic mass is 10.0. The van der Waals surface area contributed by atoms with Crippen LogP contribution in [-0.4, -0.2) is 38.1 Å². The van der Waals surface area contributed by atoms with Crippen molar-refractivity contribution in [2.24, 2.45) is 0 Å². The summed E-state index contributed by atoms with van der Waals surface area (Å²) in [6.45, 7) is 1.50. The Morgan fingerprint density at radius 2 is 2.05 bits per heavy atom. The molecule has 0 unspecified atom stereocenters. The molecule has 21 heavy (non-hydrogen) atoms. The number of halogens is 4. The molecule has 10 heteroatoms. The maximum atomic E-state index is 12.2. The van der Waals surface area contributed by atoms with Gasteiger partial charge in [0.25, 0.3) is 0 Å². The van der Waals surface area contributed by atoms with E-state index in [0.29, 0.717) is 5.52 Å². The molecule has 114 valence electrons. The molecule has 2 rings (SSSR count). The summed E-state index contributed by atoms with van der Waals surface area (Å²) in [7, 11) is 0. The number of aromatic nitrogens is 4. The highest BCUT2D eigenvalue weighted by Gasteiger charge is 2.35. The largest absolute Gasteiger partial charge is 0.405 e. The fourth-order valence-corrected chi connectivity index (χ4v) is 1.83. The number of hydrogen-bond donors (Lipinski definition) is 1. The van der Waals surface area contributed by atoms with Gasteiger partial charge in [-0.2, -0.15) is 18.2 Å². The minimum Gasteiger partial charge on any atom is -0.345 e. The summed E-state index contributed by atoms with van der Waals surface area (Å²) in [5.74, 6) is -0.811. The quantitative estimate of drug-likeness (QED) is 0.876. The molecule has 0 fully saturated rings. The van der Waals surface area contributed by atoms with Gasteiger partial charge < -0.3 is 9.88 Å². The molecule has 0 atom stereocenters. The molecule has 1 amide bonds. The lowest BCUT2D eigenvalue weighted by Crippen LogP contribution is -2.47. The number of carbonyl (C=O) groups excluding carboxylic acids is 1. The molecule has 6 nitrogen and oxygen atoms in total. The van der Waals surface area contributed by atoms with E-state index >= 15 is 0 Å². The third-order valence-electron chi connectivity index (χ3n) is 2.87. The molecule has 0 saturated carbocycles. The van der Waals surface area contributed by atoms with E-state index in [1.54, 1.807) is 0 Å². The van der Waals surface area contributed by atoms with Crippen molar-refractivity contribution in [1.82, 2.24) is 24.8 Å². The number of fused-ring (bicyclic) bond motifs is 1. The molecule has 0 spiro atoms. The number of imidazole rings is 1. The first kappa shape index (κ1) is 15.5. The first-order valence-corrected chi connectivity index (χ1v) is 6.20. The molecule has 0 bridgehead atoms. The van der Waals surface area contributed by atoms with Crippen molar-refractivity contribution >= 4 is 28.7 Å². The number of rotatable bonds is 3. The van der Waals surface area contributed by atoms with Crippen LogP contribution in [0, 0.1) is 0 Å². The highest BCUT2D eigenvalue weighted by molar-refractivity contribution is 6.28. The third-order valence-corrected chi connectivity index (χ3v) is 3.05. The standard InChI is InChI=1S/C11H11ClF3N5O/c1-10(2,8(21)17-4-11(13,14)15)20-5-18-6-3-16-9(12)19-7(6)20/h3,5H,4H2,1-2H3,(H,17,21). The Morgan fingerprint density at radius 3 is 2.67 bits per heavy atom. The molecular weight excluding hydrogens is 311 g/mol. The summed E-state index contributed by atoms with van der Waals surface area (Å²) in [6, 6.07) is 0. The Labute approximate surface area is 122 Å². The van der Waals surface area contributed by atoms with Crippen molar-refractivity contribution < 1.29 is 18.0 Å². The highest BCUT2D eigenvalue weighted by Crippen LogP contribution is 2.22. The Kier molecular flexibility index (Phi) is 3.79. The SMILES string of the molecule is CC(C)(C(=O)NCC(F)(F)F)n1cnc2cnc(Cl)nc21. The summed E-state index contributed by atoms with van der Waals surface area (Å²) in [4.78, 5) is 23.7. The molecule has 0 aliphatic heterocycles. The van der Waals surface area contributed by atoms with Gasteiger partial charge in [-0.1, -0.05) is 0 Å². The molecule has 1 N–H and O–H groups in total. The van der Waals surface area contributed by atoms with Gasteiger partial charge in [0.05, 0.1) is 12.5 Å². The zero-order valence-corrected chi connectivity index (χ0v) is 11.8. The van der Waals surface area contributed by atoms with Gasteiger partial charge >= 0.3 is 6.18 Å². The monoisotopic (exact) mass is 321 g/mol. The van der Waals surface area contributed by atoms with Crippen LogP contribution < -0.4 is 5.32 Å². The summed E-state index contributed by atoms with van der Waals surface area (Å²) in [5.41, 5.74) is -0.671. The van der Waals surface area contributed by atoms with E-state index in [-0.39, 0.29) is 10.9 Å². The summed E-state index contributed by atoms with van der Waals surface area (Å²) in [5, 5.41) is 1.80. The van der Waals surface area contributed by atoms with Crippen molar-refractivity contribution in [1.29, 1.82) is 0 Å². The maximum Gasteiger partial charge on any atom is 0.405 e. The second kappa shape index (κ2) is 5.14. The van der Waals surface area contributed by atoms with Gasteiger partial charge in [0.15, 0.2) is 5.65 Å². The average molecular weight is 322 g/mol. The van der Waals surface area contributed by atoms with E-state index in [1.165, 1.54) is 30.9 Å². The highest BCUT2D eigenvalue weighted by atomic mass is 35.5. The zero-order valence-electron chi connectivity index (χ0n) is 11.1. The Morgan fingerprint density at radius 1 is 1.38 bits per heavy atom. The van der Waals surface area contributed by atoms with E-state index in [9.17, 15) is 18.0 Å². The summed E-state index contributed by atoms with van der Waals surface area (Å²) in [6.07, 6.45) is -1.80. The van der Waals surface area contributed by atoms with Crippen LogP contribution in [0.3, 0.4) is 0 Å². The Hall–Kier alpha value is -1.90. The number of nitrogens with one attached hydrogen (secondary N) is 1. The maximum absolute atomic E-state index is 12.2. The molecule has 0 saturated heterocycles. The molecule has 2 heterocycles. The number of amides is 1. The lowest BCUT2D eigenvalue weighted by molar-refractivity contribution is -0.142. The van der Waals surface area contributed by atoms with Crippen molar-refractivity contribution in [3.8, 4) is 0 Å². The predicted octanol–water partition coefficient (Wildman–Crippen LogP) is 1.89. The van der Waals surface area contributed by atoms with Gasteiger partial charge in [0.1, 0.15) is 17.6 Å². The second-order valence-corrected chi connectivity index (χ2v) is 5.16. The van der Waals surface area contributed by atoms with Crippen LogP contribution in [0.5, 0.6) is 0 Å². The molecule has 0 aliphatic carbocycles. The van der Waals surface area contributed by atoms with E-state index in [4.69, 9.17) is 11.6 Å². The third kappa shape index (κ3) is 3.23. The van der Waals surface area contributed by atoms with Crippen molar-refractivity contribution in [2.45, 2.75) is 25.6 Å². The fraction of sp³-hybridized carbons (Fsp3) is 0.455. The molecule has 2 aromatic heterocycles. The van der Waals surface area contributed by atoms with Crippen molar-refractivity contribution in [3.05, 3.63) is 17.8 Å². The number of hydrogen-bond acceptors (Lipinski definition) is 4. The Balaban J connectivity index is 2.32. The van der Waals surface area contributed by atoms with E-state index in [2.05, 4.69) is 15.0 Å². The van der Waals surface area contributed by atoms with E-state index in [1.807, 2.05) is 5.32 Å². The van der Waals surface area contributed by atoms with Crippen LogP contribution in [-0.2, 0) is 10.3 Å². The normalized spacial score (nSPS) is 12.7. The first-order valence-electron chi connectivity index (χ1n) is 5.82. The summed E-state index contributed by atoms with van der Waals surface area (Å²) < 4.78 is 37.9. The first-order chi connectivity index (χ1) is 9.61. The van der Waals surface area contributed by atoms with Gasteiger partial charge in [-0.15, -0.1) is 0 Å². The lowest BCUT2D eigenvalue weighted by Gasteiger charge is -2.25. The van der Waals surface area contributed by atoms with Gasteiger partial charge in [-0.3, -0.25) is 4.79 Å². The van der Waals surface area contributed by atoms with Crippen molar-refractivity contribution in [2.75, 3.05) is 6.54 Å². The van der Waals surface area contributed by atoms with Crippen LogP contribution in [0.2, 0.25) is 5.28 Å². The zero-order chi connectivity index (χ0) is 15.8. The summed E-state index contributed by atoms with van der Waals surface area (Å²) >= 11 is 5.69. The molecular formula is C11H11ClF3N5O. The van der Waals surface area contributed by atoms with Gasteiger partial charge in [0, 0.05) is 0 Å². The van der Waals surface area contributed by atoms with Gasteiger partial charge in [-0.05, 0) is 25.4 Å².